The van der Waals surface area contributed by atoms with Crippen molar-refractivity contribution >= 4 is 12.2 Å². The van der Waals surface area contributed by atoms with Crippen LogP contribution in [0.3, 0.4) is 0 Å². The van der Waals surface area contributed by atoms with Crippen molar-refractivity contribution in [1.29, 1.82) is 5.26 Å². The Kier molecular flexibility index (Phi) is 3.18. The average Bonchev–Trinajstić information content (AvgIpc) is 2.04. The number of aryl methyl sites for hydroxylation is 1. The Hall–Kier alpha value is -1.18. The van der Waals surface area contributed by atoms with Crippen LogP contribution >= 0.6 is 12.2 Å². The summed E-state index contributed by atoms with van der Waals surface area (Å²) in [7, 11) is 1.59. The number of methoxy groups -OCH3 is 1. The van der Waals surface area contributed by atoms with E-state index in [1.165, 1.54) is 0 Å². The van der Waals surface area contributed by atoms with Crippen molar-refractivity contribution in [3.05, 3.63) is 27.5 Å². The van der Waals surface area contributed by atoms with Crippen LogP contribution in [0, 0.1) is 22.9 Å². The van der Waals surface area contributed by atoms with Crippen molar-refractivity contribution in [3.63, 3.8) is 0 Å². The highest BCUT2D eigenvalue weighted by atomic mass is 32.1. The molecule has 1 rings (SSSR count). The third kappa shape index (κ3) is 2.14. The second kappa shape index (κ2) is 4.17. The van der Waals surface area contributed by atoms with E-state index in [1.54, 1.807) is 7.11 Å². The Morgan fingerprint density at radius 2 is 2.38 bits per heavy atom. The molecule has 1 aromatic heterocycles. The van der Waals surface area contributed by atoms with E-state index in [4.69, 9.17) is 22.2 Å². The van der Waals surface area contributed by atoms with Crippen molar-refractivity contribution in [3.8, 4) is 6.07 Å². The molecule has 0 atom stereocenters. The SMILES string of the molecule is COCc1cc(C)[nH]c(=S)c1C#N. The molecule has 0 aromatic carbocycles. The lowest BCUT2D eigenvalue weighted by atomic mass is 10.1. The van der Waals surface area contributed by atoms with Gasteiger partial charge in [0.15, 0.2) is 0 Å². The maximum atomic E-state index is 8.82. The van der Waals surface area contributed by atoms with Gasteiger partial charge in [0.25, 0.3) is 0 Å². The molecule has 68 valence electrons. The van der Waals surface area contributed by atoms with Gasteiger partial charge in [-0.05, 0) is 13.0 Å². The second-order valence-electron chi connectivity index (χ2n) is 2.73. The Morgan fingerprint density at radius 1 is 1.69 bits per heavy atom. The fourth-order valence-corrected chi connectivity index (χ4v) is 1.49. The van der Waals surface area contributed by atoms with Gasteiger partial charge in [0.1, 0.15) is 10.7 Å². The highest BCUT2D eigenvalue weighted by Gasteiger charge is 2.04. The predicted molar refractivity (Wildman–Crippen MR) is 51.8 cm³/mol. The van der Waals surface area contributed by atoms with Gasteiger partial charge in [0.05, 0.1) is 12.2 Å². The third-order valence-corrected chi connectivity index (χ3v) is 1.97. The van der Waals surface area contributed by atoms with Crippen LogP contribution in [0.25, 0.3) is 0 Å². The molecule has 0 unspecified atom stereocenters. The van der Waals surface area contributed by atoms with E-state index in [9.17, 15) is 0 Å². The molecule has 0 saturated carbocycles. The first kappa shape index (κ1) is 9.90. The number of nitrogens with zero attached hydrogens (tertiary/aromatic N) is 1. The van der Waals surface area contributed by atoms with Crippen LogP contribution in [-0.2, 0) is 11.3 Å². The van der Waals surface area contributed by atoms with Crippen LogP contribution in [0.1, 0.15) is 16.8 Å². The summed E-state index contributed by atoms with van der Waals surface area (Å²) in [6.07, 6.45) is 0. The number of nitriles is 1. The maximum absolute atomic E-state index is 8.82. The molecule has 0 saturated heterocycles. The van der Waals surface area contributed by atoms with Gasteiger partial charge in [-0.1, -0.05) is 12.2 Å². The summed E-state index contributed by atoms with van der Waals surface area (Å²) in [6, 6.07) is 3.93. The van der Waals surface area contributed by atoms with E-state index in [2.05, 4.69) is 11.1 Å². The number of ether oxygens (including phenoxy) is 1. The quantitative estimate of drug-likeness (QED) is 0.733. The number of H-pyrrole nitrogens is 1. The fraction of sp³-hybridized carbons (Fsp3) is 0.333. The highest BCUT2D eigenvalue weighted by molar-refractivity contribution is 7.71. The Morgan fingerprint density at radius 3 is 2.92 bits per heavy atom. The molecule has 0 aliphatic heterocycles. The molecule has 1 aromatic rings. The number of hydrogen-bond donors (Lipinski definition) is 1. The summed E-state index contributed by atoms with van der Waals surface area (Å²) in [5.74, 6) is 0. The number of nitrogens with one attached hydrogen (secondary N) is 1. The van der Waals surface area contributed by atoms with Gasteiger partial charge >= 0.3 is 0 Å². The van der Waals surface area contributed by atoms with Gasteiger partial charge in [-0.2, -0.15) is 5.26 Å². The minimum absolute atomic E-state index is 0.419. The Labute approximate surface area is 82.0 Å². The zero-order valence-electron chi connectivity index (χ0n) is 7.55. The molecular formula is C9H10N2OS. The van der Waals surface area contributed by atoms with Crippen LogP contribution in [0.2, 0.25) is 0 Å². The summed E-state index contributed by atoms with van der Waals surface area (Å²) in [4.78, 5) is 2.93. The molecule has 0 aliphatic carbocycles. The standard InChI is InChI=1S/C9H10N2OS/c1-6-3-7(5-12-2)8(4-10)9(13)11-6/h3H,5H2,1-2H3,(H,11,13). The molecule has 0 amide bonds. The van der Waals surface area contributed by atoms with Crippen LogP contribution < -0.4 is 0 Å². The highest BCUT2D eigenvalue weighted by Crippen LogP contribution is 2.11. The minimum Gasteiger partial charge on any atom is -0.380 e. The second-order valence-corrected chi connectivity index (χ2v) is 3.13. The topological polar surface area (TPSA) is 48.8 Å². The zero-order valence-corrected chi connectivity index (χ0v) is 8.36. The number of aromatic nitrogens is 1. The number of hydrogen-bond acceptors (Lipinski definition) is 3. The van der Waals surface area contributed by atoms with E-state index in [0.29, 0.717) is 16.8 Å². The average molecular weight is 194 g/mol. The number of rotatable bonds is 2. The molecule has 0 aliphatic rings. The third-order valence-electron chi connectivity index (χ3n) is 1.66. The summed E-state index contributed by atoms with van der Waals surface area (Å²) in [6.45, 7) is 2.32. The van der Waals surface area contributed by atoms with E-state index >= 15 is 0 Å². The minimum atomic E-state index is 0.419. The number of pyridine rings is 1. The summed E-state index contributed by atoms with van der Waals surface area (Å²) >= 11 is 5.01. The molecule has 1 N–H and O–H groups in total. The first-order chi connectivity index (χ1) is 6.19. The van der Waals surface area contributed by atoms with Gasteiger partial charge < -0.3 is 9.72 Å². The molecular weight excluding hydrogens is 184 g/mol. The van der Waals surface area contributed by atoms with Gasteiger partial charge in [-0.15, -0.1) is 0 Å². The molecule has 13 heavy (non-hydrogen) atoms. The first-order valence-corrected chi connectivity index (χ1v) is 4.21. The Bertz CT molecular complexity index is 403. The van der Waals surface area contributed by atoms with Gasteiger partial charge in [-0.3, -0.25) is 0 Å². The van der Waals surface area contributed by atoms with Gasteiger partial charge in [0.2, 0.25) is 0 Å². The molecule has 1 heterocycles. The molecule has 0 fully saturated rings. The van der Waals surface area contributed by atoms with E-state index in [-0.39, 0.29) is 0 Å². The lowest BCUT2D eigenvalue weighted by Crippen LogP contribution is -1.97. The van der Waals surface area contributed by atoms with Crippen molar-refractivity contribution < 1.29 is 4.74 Å². The number of aromatic amines is 1. The summed E-state index contributed by atoms with van der Waals surface area (Å²) in [5.41, 5.74) is 2.28. The zero-order chi connectivity index (χ0) is 9.84. The largest absolute Gasteiger partial charge is 0.380 e. The van der Waals surface area contributed by atoms with Crippen LogP contribution in [0.5, 0.6) is 0 Å². The summed E-state index contributed by atoms with van der Waals surface area (Å²) < 4.78 is 5.45. The smallest absolute Gasteiger partial charge is 0.121 e. The van der Waals surface area contributed by atoms with Gasteiger partial charge in [0, 0.05) is 18.4 Å². The van der Waals surface area contributed by atoms with Crippen molar-refractivity contribution in [1.82, 2.24) is 4.98 Å². The Balaban J connectivity index is 3.32. The molecule has 4 heteroatoms. The van der Waals surface area contributed by atoms with Crippen LogP contribution in [0.4, 0.5) is 0 Å². The maximum Gasteiger partial charge on any atom is 0.121 e. The van der Waals surface area contributed by atoms with Crippen molar-refractivity contribution in [2.75, 3.05) is 7.11 Å². The van der Waals surface area contributed by atoms with Crippen LogP contribution in [-0.4, -0.2) is 12.1 Å². The lowest BCUT2D eigenvalue weighted by Gasteiger charge is -2.03. The predicted octanol–water partition coefficient (Wildman–Crippen LogP) is 2.07. The molecule has 0 radical (unpaired) electrons. The fourth-order valence-electron chi connectivity index (χ4n) is 1.15. The van der Waals surface area contributed by atoms with Gasteiger partial charge in [-0.25, -0.2) is 0 Å². The van der Waals surface area contributed by atoms with Crippen molar-refractivity contribution in [2.24, 2.45) is 0 Å². The molecule has 0 spiro atoms. The summed E-state index contributed by atoms with van der Waals surface area (Å²) in [5, 5.41) is 8.82. The lowest BCUT2D eigenvalue weighted by molar-refractivity contribution is 0.184. The molecule has 3 nitrogen and oxygen atoms in total. The molecule has 0 bridgehead atoms. The monoisotopic (exact) mass is 194 g/mol. The van der Waals surface area contributed by atoms with Crippen molar-refractivity contribution in [2.45, 2.75) is 13.5 Å². The van der Waals surface area contributed by atoms with E-state index in [1.807, 2.05) is 13.0 Å². The normalized spacial score (nSPS) is 9.62. The first-order valence-electron chi connectivity index (χ1n) is 3.81. The van der Waals surface area contributed by atoms with E-state index in [0.717, 1.165) is 11.3 Å². The van der Waals surface area contributed by atoms with Crippen LogP contribution in [0.15, 0.2) is 6.07 Å². The van der Waals surface area contributed by atoms with E-state index < -0.39 is 0 Å².